The molecule has 2 amide bonds. The molecule has 160 valence electrons. The van der Waals surface area contributed by atoms with E-state index in [2.05, 4.69) is 10.6 Å². The third-order valence-corrected chi connectivity index (χ3v) is 4.18. The van der Waals surface area contributed by atoms with Crippen molar-refractivity contribution in [3.05, 3.63) is 66.0 Å². The number of hydrogen-bond acceptors (Lipinski definition) is 5. The van der Waals surface area contributed by atoms with Crippen molar-refractivity contribution in [3.63, 3.8) is 0 Å². The SMILES string of the molecule is CC(C)[C@H](NC(=O)OCc1ccccc1)C(=O)O[C@H](C)C(=O)Nc1ccc(F)cc1. The standard InChI is InChI=1S/C22H25FN2O5/c1-14(2)19(25-22(28)29-13-16-7-5-4-6-8-16)21(27)30-15(3)20(26)24-18-11-9-17(23)10-12-18/h4-12,14-15,19H,13H2,1-3H3,(H,24,26)(H,25,28)/t15-,19+/m1/s1. The van der Waals surface area contributed by atoms with Gasteiger partial charge in [0.25, 0.3) is 5.91 Å². The van der Waals surface area contributed by atoms with E-state index in [0.29, 0.717) is 5.69 Å². The molecule has 0 aromatic heterocycles. The second kappa shape index (κ2) is 10.9. The third kappa shape index (κ3) is 7.20. The van der Waals surface area contributed by atoms with Crippen LogP contribution in [0.5, 0.6) is 0 Å². The first-order valence-corrected chi connectivity index (χ1v) is 9.50. The van der Waals surface area contributed by atoms with Crippen molar-refractivity contribution in [1.82, 2.24) is 5.32 Å². The van der Waals surface area contributed by atoms with E-state index in [4.69, 9.17) is 9.47 Å². The molecule has 0 bridgehead atoms. The number of nitrogens with one attached hydrogen (secondary N) is 2. The zero-order valence-electron chi connectivity index (χ0n) is 17.1. The summed E-state index contributed by atoms with van der Waals surface area (Å²) in [5.41, 5.74) is 1.18. The van der Waals surface area contributed by atoms with Crippen molar-refractivity contribution < 1.29 is 28.2 Å². The molecule has 7 nitrogen and oxygen atoms in total. The highest BCUT2D eigenvalue weighted by Gasteiger charge is 2.29. The minimum absolute atomic E-state index is 0.0585. The van der Waals surface area contributed by atoms with E-state index >= 15 is 0 Å². The minimum atomic E-state index is -1.12. The summed E-state index contributed by atoms with van der Waals surface area (Å²) >= 11 is 0. The second-order valence-electron chi connectivity index (χ2n) is 7.00. The van der Waals surface area contributed by atoms with Crippen LogP contribution in [-0.2, 0) is 25.7 Å². The quantitative estimate of drug-likeness (QED) is 0.641. The molecular formula is C22H25FN2O5. The summed E-state index contributed by atoms with van der Waals surface area (Å²) < 4.78 is 23.3. The van der Waals surface area contributed by atoms with Crippen molar-refractivity contribution in [3.8, 4) is 0 Å². The van der Waals surface area contributed by atoms with Crippen LogP contribution in [0.1, 0.15) is 26.3 Å². The zero-order chi connectivity index (χ0) is 22.1. The van der Waals surface area contributed by atoms with Gasteiger partial charge in [-0.25, -0.2) is 14.0 Å². The van der Waals surface area contributed by atoms with Crippen LogP contribution in [0.25, 0.3) is 0 Å². The number of carbonyl (C=O) groups is 3. The summed E-state index contributed by atoms with van der Waals surface area (Å²) in [5.74, 6) is -2.07. The van der Waals surface area contributed by atoms with Crippen LogP contribution in [0.4, 0.5) is 14.9 Å². The predicted octanol–water partition coefficient (Wildman–Crippen LogP) is 3.65. The van der Waals surface area contributed by atoms with Gasteiger partial charge in [0.05, 0.1) is 0 Å². The molecule has 2 N–H and O–H groups in total. The number of rotatable bonds is 8. The summed E-state index contributed by atoms with van der Waals surface area (Å²) in [6.45, 7) is 4.92. The number of ether oxygens (including phenoxy) is 2. The predicted molar refractivity (Wildman–Crippen MR) is 109 cm³/mol. The highest BCUT2D eigenvalue weighted by atomic mass is 19.1. The average molecular weight is 416 g/mol. The highest BCUT2D eigenvalue weighted by molar-refractivity contribution is 5.95. The van der Waals surface area contributed by atoms with Gasteiger partial charge in [0.2, 0.25) is 0 Å². The first kappa shape index (κ1) is 22.9. The highest BCUT2D eigenvalue weighted by Crippen LogP contribution is 2.11. The van der Waals surface area contributed by atoms with Gasteiger partial charge in [0, 0.05) is 5.69 Å². The Bertz CT molecular complexity index is 856. The Morgan fingerprint density at radius 3 is 2.20 bits per heavy atom. The fraction of sp³-hybridized carbons (Fsp3) is 0.318. The molecule has 2 aromatic carbocycles. The van der Waals surface area contributed by atoms with Crippen LogP contribution >= 0.6 is 0 Å². The molecule has 0 heterocycles. The van der Waals surface area contributed by atoms with E-state index in [1.165, 1.54) is 31.2 Å². The van der Waals surface area contributed by atoms with E-state index in [9.17, 15) is 18.8 Å². The first-order valence-electron chi connectivity index (χ1n) is 9.50. The zero-order valence-corrected chi connectivity index (χ0v) is 17.1. The molecular weight excluding hydrogens is 391 g/mol. The molecule has 0 fully saturated rings. The fourth-order valence-corrected chi connectivity index (χ4v) is 2.47. The largest absolute Gasteiger partial charge is 0.451 e. The Labute approximate surface area is 174 Å². The molecule has 0 radical (unpaired) electrons. The molecule has 0 spiro atoms. The van der Waals surface area contributed by atoms with Crippen molar-refractivity contribution in [2.24, 2.45) is 5.92 Å². The monoisotopic (exact) mass is 416 g/mol. The maximum Gasteiger partial charge on any atom is 0.408 e. The third-order valence-electron chi connectivity index (χ3n) is 4.18. The van der Waals surface area contributed by atoms with Gasteiger partial charge >= 0.3 is 12.1 Å². The van der Waals surface area contributed by atoms with Gasteiger partial charge in [0.15, 0.2) is 6.10 Å². The molecule has 0 saturated heterocycles. The topological polar surface area (TPSA) is 93.7 Å². The maximum absolute atomic E-state index is 12.9. The van der Waals surface area contributed by atoms with Crippen LogP contribution in [0.15, 0.2) is 54.6 Å². The Morgan fingerprint density at radius 2 is 1.60 bits per heavy atom. The molecule has 0 aliphatic heterocycles. The van der Waals surface area contributed by atoms with E-state index in [1.807, 2.05) is 30.3 Å². The molecule has 0 saturated carbocycles. The Balaban J connectivity index is 1.88. The lowest BCUT2D eigenvalue weighted by atomic mass is 10.1. The van der Waals surface area contributed by atoms with Gasteiger partial charge in [-0.05, 0) is 42.7 Å². The summed E-state index contributed by atoms with van der Waals surface area (Å²) in [6, 6.07) is 13.3. The van der Waals surface area contributed by atoms with Crippen molar-refractivity contribution in [1.29, 1.82) is 0 Å². The van der Waals surface area contributed by atoms with E-state index < -0.39 is 35.9 Å². The van der Waals surface area contributed by atoms with Crippen molar-refractivity contribution in [2.75, 3.05) is 5.32 Å². The summed E-state index contributed by atoms with van der Waals surface area (Å²) in [6.07, 6.45) is -1.89. The molecule has 0 unspecified atom stereocenters. The van der Waals surface area contributed by atoms with Gasteiger partial charge in [-0.1, -0.05) is 44.2 Å². The normalized spacial score (nSPS) is 12.6. The number of amides is 2. The Hall–Kier alpha value is -3.42. The molecule has 0 aliphatic rings. The number of halogens is 1. The van der Waals surface area contributed by atoms with Gasteiger partial charge in [-0.15, -0.1) is 0 Å². The molecule has 2 rings (SSSR count). The van der Waals surface area contributed by atoms with Gasteiger partial charge < -0.3 is 20.1 Å². The number of hydrogen-bond donors (Lipinski definition) is 2. The van der Waals surface area contributed by atoms with Crippen LogP contribution in [0.2, 0.25) is 0 Å². The maximum atomic E-state index is 12.9. The molecule has 2 atom stereocenters. The summed E-state index contributed by atoms with van der Waals surface area (Å²) in [5, 5.41) is 5.00. The number of anilines is 1. The fourth-order valence-electron chi connectivity index (χ4n) is 2.47. The van der Waals surface area contributed by atoms with Crippen LogP contribution in [0, 0.1) is 11.7 Å². The Kier molecular flexibility index (Phi) is 8.34. The first-order chi connectivity index (χ1) is 14.3. The lowest BCUT2D eigenvalue weighted by Gasteiger charge is -2.22. The number of alkyl carbamates (subject to hydrolysis) is 1. The van der Waals surface area contributed by atoms with E-state index in [1.54, 1.807) is 13.8 Å². The van der Waals surface area contributed by atoms with Crippen LogP contribution < -0.4 is 10.6 Å². The average Bonchev–Trinajstić information content (AvgIpc) is 2.72. The lowest BCUT2D eigenvalue weighted by Crippen LogP contribution is -2.47. The van der Waals surface area contributed by atoms with Gasteiger partial charge in [-0.2, -0.15) is 0 Å². The lowest BCUT2D eigenvalue weighted by molar-refractivity contribution is -0.156. The van der Waals surface area contributed by atoms with Gasteiger partial charge in [-0.3, -0.25) is 4.79 Å². The summed E-state index contributed by atoms with van der Waals surface area (Å²) in [4.78, 5) is 36.8. The molecule has 0 aliphatic carbocycles. The number of esters is 1. The molecule has 2 aromatic rings. The molecule has 30 heavy (non-hydrogen) atoms. The van der Waals surface area contributed by atoms with Crippen molar-refractivity contribution in [2.45, 2.75) is 39.5 Å². The van der Waals surface area contributed by atoms with E-state index in [-0.39, 0.29) is 12.5 Å². The Morgan fingerprint density at radius 1 is 0.967 bits per heavy atom. The minimum Gasteiger partial charge on any atom is -0.451 e. The second-order valence-corrected chi connectivity index (χ2v) is 7.00. The number of carbonyl (C=O) groups excluding carboxylic acids is 3. The van der Waals surface area contributed by atoms with Gasteiger partial charge in [0.1, 0.15) is 18.5 Å². The number of benzene rings is 2. The summed E-state index contributed by atoms with van der Waals surface area (Å²) in [7, 11) is 0. The van der Waals surface area contributed by atoms with Crippen molar-refractivity contribution >= 4 is 23.7 Å². The van der Waals surface area contributed by atoms with Crippen LogP contribution in [-0.4, -0.2) is 30.1 Å². The van der Waals surface area contributed by atoms with Crippen LogP contribution in [0.3, 0.4) is 0 Å². The smallest absolute Gasteiger partial charge is 0.408 e. The van der Waals surface area contributed by atoms with E-state index in [0.717, 1.165) is 5.56 Å². The molecule has 8 heteroatoms.